The van der Waals surface area contributed by atoms with Crippen LogP contribution in [-0.2, 0) is 62.0 Å². The second-order valence-corrected chi connectivity index (χ2v) is 30.7. The largest absolute Gasteiger partial charge is 0.508 e. The molecule has 36 nitrogen and oxygen atoms in total. The van der Waals surface area contributed by atoms with Gasteiger partial charge in [0.25, 0.3) is 0 Å². The highest BCUT2D eigenvalue weighted by molar-refractivity contribution is 6.01. The average molecular weight is 1610 g/mol. The van der Waals surface area contributed by atoms with Crippen LogP contribution >= 0.6 is 0 Å². The lowest BCUT2D eigenvalue weighted by molar-refractivity contribution is -0.372. The minimum atomic E-state index is -2.29. The fourth-order valence-electron chi connectivity index (χ4n) is 15.1. The molecule has 0 aliphatic carbocycles. The van der Waals surface area contributed by atoms with Crippen LogP contribution in [0.3, 0.4) is 0 Å². The molecule has 0 saturated carbocycles. The van der Waals surface area contributed by atoms with Gasteiger partial charge >= 0.3 is 0 Å². The van der Waals surface area contributed by atoms with Crippen molar-refractivity contribution in [3.63, 3.8) is 0 Å². The van der Waals surface area contributed by atoms with Crippen LogP contribution in [0.25, 0.3) is 11.1 Å². The van der Waals surface area contributed by atoms with Gasteiger partial charge in [-0.3, -0.25) is 43.3 Å². The number of hydrogen-bond donors (Lipinski definition) is 19. The summed E-state index contributed by atoms with van der Waals surface area (Å²) in [6.45, 7) is 12.0. The number of amides is 7. The number of aliphatic hydroxyl groups is 9. The maximum absolute atomic E-state index is 16.3. The van der Waals surface area contributed by atoms with Crippen molar-refractivity contribution in [1.82, 2.24) is 36.8 Å². The standard InChI is InChI=1S/C79H100N8O28/c1-12-46-63(97)61(95)34(8)77(110-46)114-69-51(27-88)112-79(67(101)64(69)98)115-70-52(28-89)111-78(66(100)65(70)99)113-68-49-23-39-24-50(68)109-48-18-15-38(21-31(48)5)62(96)59(86-72(103)43(87(10)11)19-29(2)3)76(107)81-42(26-53(80)93)71(102)84-58(39)75(106)85-57-37-13-16-44(91)40(22-37)54-41(25-45(92)33(7)60(54)94)56(35(9)90)83-73(104)55(82-74(57)105)32(6)36-14-17-47(108-49)30(4)20-36/h13-18,20-25,29,32,34,42-43,46,51-52,55-59,61-67,69-70,77-79,88-89,91-92,94-101H,12,19,26-28H2,1-11H3,(H2,80,93)(H,81,107)(H,82,105)(H,83,104)(H,84,102)(H,85,106)(H,86,103)/t32-,34-,42+,43-,46-,51-,52-,55+,56+,57-,58-,59-,61-,62-,63+,64?,65-,66-,67-,69-,70-,77+,78+,79+/m1/s1. The molecule has 0 radical (unpaired) electrons. The zero-order chi connectivity index (χ0) is 83.9. The van der Waals surface area contributed by atoms with Crippen molar-refractivity contribution in [3.8, 4) is 57.1 Å². The monoisotopic (exact) mass is 1610 g/mol. The first-order valence-electron chi connectivity index (χ1n) is 37.7. The van der Waals surface area contributed by atoms with Crippen LogP contribution in [-0.4, -0.2) is 251 Å². The quantitative estimate of drug-likeness (QED) is 0.0570. The maximum Gasteiger partial charge on any atom is 0.248 e. The van der Waals surface area contributed by atoms with Gasteiger partial charge in [-0.1, -0.05) is 58.9 Å². The van der Waals surface area contributed by atoms with Gasteiger partial charge in [-0.05, 0) is 148 Å². The Kier molecular flexibility index (Phi) is 26.5. The summed E-state index contributed by atoms with van der Waals surface area (Å²) in [5.41, 5.74) is 4.98. The molecule has 115 heavy (non-hydrogen) atoms. The van der Waals surface area contributed by atoms with E-state index in [9.17, 15) is 75.7 Å². The first-order valence-corrected chi connectivity index (χ1v) is 37.7. The Morgan fingerprint density at radius 3 is 1.71 bits per heavy atom. The molecule has 24 atom stereocenters. The van der Waals surface area contributed by atoms with Gasteiger partial charge in [-0.2, -0.15) is 0 Å². The number of nitrogens with two attached hydrogens (primary N) is 1. The van der Waals surface area contributed by atoms with Crippen LogP contribution in [0.5, 0.6) is 46.0 Å². The molecule has 3 saturated heterocycles. The third-order valence-corrected chi connectivity index (χ3v) is 21.9. The Hall–Kier alpha value is -9.74. The van der Waals surface area contributed by atoms with Crippen LogP contribution in [0.1, 0.15) is 135 Å². The number of aryl methyl sites for hydroxylation is 2. The van der Waals surface area contributed by atoms with Gasteiger partial charge in [0.15, 0.2) is 29.9 Å². The lowest BCUT2D eigenvalue weighted by Crippen LogP contribution is -2.66. The lowest BCUT2D eigenvalue weighted by Gasteiger charge is -2.48. The Balaban J connectivity index is 1.08. The molecule has 0 spiro atoms. The summed E-state index contributed by atoms with van der Waals surface area (Å²) in [5, 5.41) is 154. The van der Waals surface area contributed by atoms with Gasteiger partial charge in [0.05, 0.1) is 37.9 Å². The first-order chi connectivity index (χ1) is 54.3. The minimum absolute atomic E-state index is 0.0265. The third kappa shape index (κ3) is 17.8. The number of Topliss-reactive ketones (excluding diaryl/α,β-unsaturated/α-hetero) is 1. The van der Waals surface area contributed by atoms with E-state index in [0.29, 0.717) is 5.56 Å². The SMILES string of the molecule is CC[C@H]1O[C@@H](O[C@H]2C(O)[C@@H](O)[C@H](O[C@H]3[C@H](O)[C@@H](O)[C@H](Oc4c5cc6cc4Oc4ccc(cc4C)[C@@H](O)[C@@H](NC(=O)[C@@H](CC(C)C)N(C)C)C(=O)N[C@@H](CC(N)=O)C(=O)N[C@H]6C(=O)N[C@H]4C(=O)N[C@H](C(=O)N[C@@H](C(C)=O)c6cc(O)c(C)c(O)c6-c6cc4ccc6O)[C@H](C)c4ccc(c(C)c4)O5)O[C@@H]3CO)O[C@@H]2CO)[C@H](C)[C@@H](O)[C@H]1O. The van der Waals surface area contributed by atoms with E-state index in [1.54, 1.807) is 45.8 Å². The van der Waals surface area contributed by atoms with E-state index in [2.05, 4.69) is 31.9 Å². The molecule has 8 aliphatic rings. The van der Waals surface area contributed by atoms with Crippen molar-refractivity contribution in [3.05, 3.63) is 117 Å². The molecule has 20 N–H and O–H groups in total. The van der Waals surface area contributed by atoms with Gasteiger partial charge in [0.1, 0.15) is 126 Å². The molecule has 5 aromatic rings. The molecular formula is C79H100N8O28. The number of aliphatic hydroxyl groups excluding tert-OH is 9. The number of likely N-dealkylation sites (N-methyl/N-ethyl adjacent to an activating group) is 1. The number of primary amides is 1. The molecule has 36 heteroatoms. The van der Waals surface area contributed by atoms with Crippen molar-refractivity contribution >= 4 is 47.1 Å². The normalized spacial score (nSPS) is 31.4. The van der Waals surface area contributed by atoms with Gasteiger partial charge in [0.2, 0.25) is 53.4 Å². The van der Waals surface area contributed by atoms with Gasteiger partial charge in [-0.25, -0.2) is 0 Å². The number of nitrogens with zero attached hydrogens (tertiary/aromatic N) is 1. The highest BCUT2D eigenvalue weighted by Crippen LogP contribution is 2.50. The number of phenols is 3. The Morgan fingerprint density at radius 2 is 1.14 bits per heavy atom. The summed E-state index contributed by atoms with van der Waals surface area (Å²) in [7, 11) is 3.24. The van der Waals surface area contributed by atoms with E-state index in [0.717, 1.165) is 31.2 Å². The van der Waals surface area contributed by atoms with Crippen LogP contribution < -0.4 is 51.8 Å². The van der Waals surface area contributed by atoms with E-state index in [-0.39, 0.29) is 80.3 Å². The second kappa shape index (κ2) is 35.4. The third-order valence-electron chi connectivity index (χ3n) is 21.9. The van der Waals surface area contributed by atoms with E-state index < -0.39 is 248 Å². The first kappa shape index (κ1) is 86.1. The summed E-state index contributed by atoms with van der Waals surface area (Å²) in [6, 6.07) is 2.62. The van der Waals surface area contributed by atoms with E-state index in [1.165, 1.54) is 63.2 Å². The van der Waals surface area contributed by atoms with Gasteiger partial charge in [0, 0.05) is 28.5 Å². The fraction of sp³-hybridized carbons (Fsp3) is 0.519. The number of ketones is 1. The molecule has 8 heterocycles. The number of carbonyl (C=O) groups is 8. The van der Waals surface area contributed by atoms with Crippen molar-refractivity contribution in [2.24, 2.45) is 17.6 Å². The number of hydrogen-bond acceptors (Lipinski definition) is 29. The molecular weight excluding hydrogens is 1510 g/mol. The Labute approximate surface area is 660 Å². The molecule has 0 aromatic heterocycles. The molecule has 3 fully saturated rings. The van der Waals surface area contributed by atoms with Crippen molar-refractivity contribution in [2.45, 2.75) is 222 Å². The topological polar surface area (TPSA) is 555 Å². The fourth-order valence-corrected chi connectivity index (χ4v) is 15.1. The molecule has 8 aliphatic heterocycles. The zero-order valence-electron chi connectivity index (χ0n) is 64.8. The second-order valence-electron chi connectivity index (χ2n) is 30.7. The van der Waals surface area contributed by atoms with Crippen molar-refractivity contribution < 1.29 is 138 Å². The Morgan fingerprint density at radius 1 is 0.591 bits per heavy atom. The number of carbonyl (C=O) groups excluding carboxylic acids is 8. The van der Waals surface area contributed by atoms with Crippen LogP contribution in [0.2, 0.25) is 0 Å². The predicted octanol–water partition coefficient (Wildman–Crippen LogP) is -0.255. The average Bonchev–Trinajstić information content (AvgIpc) is 0.756. The number of nitrogens with one attached hydrogen (secondary N) is 6. The minimum Gasteiger partial charge on any atom is -0.508 e. The predicted molar refractivity (Wildman–Crippen MR) is 400 cm³/mol. The highest BCUT2D eigenvalue weighted by Gasteiger charge is 2.54. The van der Waals surface area contributed by atoms with Crippen LogP contribution in [0.15, 0.2) is 72.8 Å². The summed E-state index contributed by atoms with van der Waals surface area (Å²) < 4.78 is 50.4. The Bertz CT molecular complexity index is 4500. The zero-order valence-corrected chi connectivity index (χ0v) is 64.8. The maximum atomic E-state index is 16.3. The van der Waals surface area contributed by atoms with E-state index in [4.69, 9.17) is 43.6 Å². The number of phenolic OH excluding ortho intramolecular Hbond substituents is 3. The summed E-state index contributed by atoms with van der Waals surface area (Å²) in [6.07, 6.45) is -26.9. The summed E-state index contributed by atoms with van der Waals surface area (Å²) in [5.74, 6) is -14.5. The van der Waals surface area contributed by atoms with E-state index >= 15 is 24.0 Å². The smallest absolute Gasteiger partial charge is 0.248 e. The molecule has 13 rings (SSSR count). The van der Waals surface area contributed by atoms with Crippen molar-refractivity contribution in [2.75, 3.05) is 27.3 Å². The lowest BCUT2D eigenvalue weighted by atomic mass is 9.86. The molecule has 5 aromatic carbocycles. The number of benzene rings is 5. The number of rotatable bonds is 17. The van der Waals surface area contributed by atoms with Crippen molar-refractivity contribution in [1.29, 1.82) is 0 Å². The molecule has 7 amide bonds. The highest BCUT2D eigenvalue weighted by atomic mass is 16.8. The summed E-state index contributed by atoms with van der Waals surface area (Å²) in [4.78, 5) is 121. The molecule has 11 bridgehead atoms. The molecule has 624 valence electrons. The van der Waals surface area contributed by atoms with Crippen LogP contribution in [0.4, 0.5) is 0 Å². The molecule has 1 unspecified atom stereocenters. The number of fused-ring (bicyclic) bond motifs is 15. The van der Waals surface area contributed by atoms with Gasteiger partial charge in [-0.15, -0.1) is 0 Å². The van der Waals surface area contributed by atoms with E-state index in [1.807, 2.05) is 13.8 Å². The number of ether oxygens (including phenoxy) is 8. The number of aromatic hydroxyl groups is 3. The summed E-state index contributed by atoms with van der Waals surface area (Å²) >= 11 is 0. The van der Waals surface area contributed by atoms with Crippen LogP contribution in [0, 0.1) is 32.6 Å². The van der Waals surface area contributed by atoms with Gasteiger partial charge < -0.3 is 137 Å².